The largest absolute Gasteiger partial charge is 0.293 e. The molecule has 2 aromatic carbocycles. The lowest BCUT2D eigenvalue weighted by molar-refractivity contribution is 0.0989. The zero-order valence-corrected chi connectivity index (χ0v) is 14.4. The topological polar surface area (TPSA) is 60.7 Å². The van der Waals surface area contributed by atoms with E-state index in [1.807, 2.05) is 74.5 Å². The molecule has 0 aliphatic heterocycles. The SMILES string of the molecule is CC(C)n1nnnc1S[C@H](C(=O)c1ccccc1)c1ccccc1. The van der Waals surface area contributed by atoms with Crippen LogP contribution >= 0.6 is 11.8 Å². The maximum Gasteiger partial charge on any atom is 0.210 e. The van der Waals surface area contributed by atoms with E-state index in [2.05, 4.69) is 15.5 Å². The van der Waals surface area contributed by atoms with Gasteiger partial charge in [0.2, 0.25) is 5.16 Å². The van der Waals surface area contributed by atoms with E-state index in [1.165, 1.54) is 11.8 Å². The first-order chi connectivity index (χ1) is 11.7. The minimum Gasteiger partial charge on any atom is -0.293 e. The number of nitrogens with zero attached hydrogens (tertiary/aromatic N) is 4. The third-order valence-electron chi connectivity index (χ3n) is 3.57. The summed E-state index contributed by atoms with van der Waals surface area (Å²) in [6.07, 6.45) is 0. The number of aromatic nitrogens is 4. The third kappa shape index (κ3) is 3.54. The van der Waals surface area contributed by atoms with Crippen molar-refractivity contribution in [1.82, 2.24) is 20.2 Å². The van der Waals surface area contributed by atoms with Crippen LogP contribution in [0.3, 0.4) is 0 Å². The van der Waals surface area contributed by atoms with Crippen molar-refractivity contribution in [3.8, 4) is 0 Å². The third-order valence-corrected chi connectivity index (χ3v) is 4.78. The van der Waals surface area contributed by atoms with Gasteiger partial charge in [-0.15, -0.1) is 5.10 Å². The predicted molar refractivity (Wildman–Crippen MR) is 94.0 cm³/mol. The van der Waals surface area contributed by atoms with Gasteiger partial charge in [0.25, 0.3) is 0 Å². The molecule has 3 rings (SSSR count). The summed E-state index contributed by atoms with van der Waals surface area (Å²) in [4.78, 5) is 13.1. The fourth-order valence-corrected chi connectivity index (χ4v) is 3.53. The van der Waals surface area contributed by atoms with Crippen LogP contribution in [0.5, 0.6) is 0 Å². The van der Waals surface area contributed by atoms with Crippen LogP contribution in [-0.4, -0.2) is 26.0 Å². The molecule has 1 heterocycles. The molecule has 24 heavy (non-hydrogen) atoms. The molecule has 0 unspecified atom stereocenters. The molecule has 0 saturated carbocycles. The molecule has 0 radical (unpaired) electrons. The Kier molecular flexibility index (Phi) is 5.05. The molecule has 0 aliphatic rings. The fraction of sp³-hybridized carbons (Fsp3) is 0.222. The summed E-state index contributed by atoms with van der Waals surface area (Å²) < 4.78 is 1.74. The molecule has 0 N–H and O–H groups in total. The fourth-order valence-electron chi connectivity index (χ4n) is 2.35. The van der Waals surface area contributed by atoms with Gasteiger partial charge in [0.15, 0.2) is 5.78 Å². The van der Waals surface area contributed by atoms with Crippen molar-refractivity contribution in [2.45, 2.75) is 30.3 Å². The van der Waals surface area contributed by atoms with E-state index >= 15 is 0 Å². The normalized spacial score (nSPS) is 12.3. The maximum atomic E-state index is 13.1. The second-order valence-electron chi connectivity index (χ2n) is 5.64. The Bertz CT molecular complexity index is 802. The van der Waals surface area contributed by atoms with Gasteiger partial charge in [0.05, 0.1) is 6.04 Å². The van der Waals surface area contributed by atoms with Crippen LogP contribution in [0.1, 0.15) is 41.1 Å². The Hall–Kier alpha value is -2.47. The zero-order valence-electron chi connectivity index (χ0n) is 13.5. The van der Waals surface area contributed by atoms with Gasteiger partial charge in [-0.3, -0.25) is 4.79 Å². The lowest BCUT2D eigenvalue weighted by atomic mass is 10.0. The van der Waals surface area contributed by atoms with Crippen molar-refractivity contribution in [3.05, 3.63) is 71.8 Å². The number of Topliss-reactive ketones (excluding diaryl/α,β-unsaturated/α-hetero) is 1. The number of thioether (sulfide) groups is 1. The molecule has 0 fully saturated rings. The van der Waals surface area contributed by atoms with Gasteiger partial charge in [0, 0.05) is 5.56 Å². The molecule has 0 bridgehead atoms. The average Bonchev–Trinajstić information content (AvgIpc) is 3.09. The number of benzene rings is 2. The van der Waals surface area contributed by atoms with Crippen LogP contribution in [0.2, 0.25) is 0 Å². The molecule has 3 aromatic rings. The molecule has 0 saturated heterocycles. The zero-order chi connectivity index (χ0) is 16.9. The van der Waals surface area contributed by atoms with Gasteiger partial charge < -0.3 is 0 Å². The summed E-state index contributed by atoms with van der Waals surface area (Å²) in [5.74, 6) is 0.0464. The predicted octanol–water partition coefficient (Wildman–Crippen LogP) is 3.97. The van der Waals surface area contributed by atoms with Crippen molar-refractivity contribution < 1.29 is 4.79 Å². The Labute approximate surface area is 145 Å². The molecule has 5 nitrogen and oxygen atoms in total. The number of hydrogen-bond donors (Lipinski definition) is 0. The van der Waals surface area contributed by atoms with Crippen molar-refractivity contribution in [2.24, 2.45) is 0 Å². The number of rotatable bonds is 6. The van der Waals surface area contributed by atoms with Crippen LogP contribution in [0.25, 0.3) is 0 Å². The Morgan fingerprint density at radius 2 is 1.62 bits per heavy atom. The van der Waals surface area contributed by atoms with Crippen LogP contribution in [0, 0.1) is 0 Å². The van der Waals surface area contributed by atoms with E-state index in [1.54, 1.807) is 4.68 Å². The highest BCUT2D eigenvalue weighted by Crippen LogP contribution is 2.37. The summed E-state index contributed by atoms with van der Waals surface area (Å²) in [6.45, 7) is 4.02. The number of tetrazole rings is 1. The molecule has 1 atom stereocenters. The first-order valence-electron chi connectivity index (χ1n) is 7.75. The van der Waals surface area contributed by atoms with Crippen LogP contribution in [0.15, 0.2) is 65.8 Å². The van der Waals surface area contributed by atoms with Gasteiger partial charge >= 0.3 is 0 Å². The van der Waals surface area contributed by atoms with Gasteiger partial charge in [-0.25, -0.2) is 4.68 Å². The minimum absolute atomic E-state index is 0.0464. The Balaban J connectivity index is 1.97. The van der Waals surface area contributed by atoms with Gasteiger partial charge in [-0.05, 0) is 29.8 Å². The maximum absolute atomic E-state index is 13.1. The minimum atomic E-state index is -0.392. The number of carbonyl (C=O) groups is 1. The van der Waals surface area contributed by atoms with E-state index < -0.39 is 5.25 Å². The van der Waals surface area contributed by atoms with E-state index in [-0.39, 0.29) is 11.8 Å². The molecule has 122 valence electrons. The summed E-state index contributed by atoms with van der Waals surface area (Å²) >= 11 is 1.38. The number of carbonyl (C=O) groups excluding carboxylic acids is 1. The van der Waals surface area contributed by atoms with E-state index in [9.17, 15) is 4.79 Å². The second kappa shape index (κ2) is 7.40. The molecular formula is C18H18N4OS. The average molecular weight is 338 g/mol. The van der Waals surface area contributed by atoms with Crippen LogP contribution < -0.4 is 0 Å². The van der Waals surface area contributed by atoms with Crippen molar-refractivity contribution >= 4 is 17.5 Å². The lowest BCUT2D eigenvalue weighted by Crippen LogP contribution is -2.12. The van der Waals surface area contributed by atoms with Gasteiger partial charge in [-0.2, -0.15) is 0 Å². The van der Waals surface area contributed by atoms with Crippen LogP contribution in [0.4, 0.5) is 0 Å². The first kappa shape index (κ1) is 16.4. The molecule has 0 aliphatic carbocycles. The molecule has 6 heteroatoms. The summed E-state index contributed by atoms with van der Waals surface area (Å²) in [7, 11) is 0. The van der Waals surface area contributed by atoms with Crippen LogP contribution in [-0.2, 0) is 0 Å². The summed E-state index contributed by atoms with van der Waals surface area (Å²) in [5.41, 5.74) is 1.62. The highest BCUT2D eigenvalue weighted by atomic mass is 32.2. The highest BCUT2D eigenvalue weighted by molar-refractivity contribution is 8.00. The number of hydrogen-bond acceptors (Lipinski definition) is 5. The van der Waals surface area contributed by atoms with Crippen molar-refractivity contribution in [2.75, 3.05) is 0 Å². The molecule has 1 aromatic heterocycles. The van der Waals surface area contributed by atoms with E-state index in [0.29, 0.717) is 10.7 Å². The molecular weight excluding hydrogens is 320 g/mol. The van der Waals surface area contributed by atoms with E-state index in [0.717, 1.165) is 5.56 Å². The molecule has 0 amide bonds. The highest BCUT2D eigenvalue weighted by Gasteiger charge is 2.26. The van der Waals surface area contributed by atoms with Crippen molar-refractivity contribution in [3.63, 3.8) is 0 Å². The van der Waals surface area contributed by atoms with Gasteiger partial charge in [-0.1, -0.05) is 72.4 Å². The standard InChI is InChI=1S/C18H18N4OS/c1-13(2)22-18(19-20-21-22)24-17(15-11-7-4-8-12-15)16(23)14-9-5-3-6-10-14/h3-13,17H,1-2H3/t17-/m0/s1. The molecule has 0 spiro atoms. The Morgan fingerprint density at radius 1 is 1.00 bits per heavy atom. The quantitative estimate of drug-likeness (QED) is 0.503. The number of ketones is 1. The summed E-state index contributed by atoms with van der Waals surface area (Å²) in [6, 6.07) is 19.2. The first-order valence-corrected chi connectivity index (χ1v) is 8.63. The Morgan fingerprint density at radius 3 is 2.25 bits per heavy atom. The van der Waals surface area contributed by atoms with Gasteiger partial charge in [0.1, 0.15) is 5.25 Å². The smallest absolute Gasteiger partial charge is 0.210 e. The lowest BCUT2D eigenvalue weighted by Gasteiger charge is -2.16. The monoisotopic (exact) mass is 338 g/mol. The van der Waals surface area contributed by atoms with E-state index in [4.69, 9.17) is 0 Å². The van der Waals surface area contributed by atoms with Crippen molar-refractivity contribution in [1.29, 1.82) is 0 Å². The summed E-state index contributed by atoms with van der Waals surface area (Å²) in [5, 5.41) is 12.1. The second-order valence-corrected chi connectivity index (χ2v) is 6.71.